The number of amides is 1. The molecule has 0 aliphatic carbocycles. The molecule has 0 radical (unpaired) electrons. The number of hydrogen-bond donors (Lipinski definition) is 1. The summed E-state index contributed by atoms with van der Waals surface area (Å²) >= 11 is 3.48. The van der Waals surface area contributed by atoms with E-state index in [0.717, 1.165) is 35.1 Å². The third-order valence-electron chi connectivity index (χ3n) is 3.75. The second kappa shape index (κ2) is 6.53. The molecule has 3 nitrogen and oxygen atoms in total. The summed E-state index contributed by atoms with van der Waals surface area (Å²) in [5, 5.41) is 3.48. The highest BCUT2D eigenvalue weighted by Crippen LogP contribution is 2.20. The molecule has 0 bridgehead atoms. The highest BCUT2D eigenvalue weighted by Gasteiger charge is 2.20. The molecule has 1 aromatic carbocycles. The first kappa shape index (κ1) is 14.5. The molecule has 1 atom stereocenters. The zero-order chi connectivity index (χ0) is 13.8. The summed E-state index contributed by atoms with van der Waals surface area (Å²) in [4.78, 5) is 14.3. The minimum Gasteiger partial charge on any atom is -0.340 e. The quantitative estimate of drug-likeness (QED) is 0.927. The molecule has 1 unspecified atom stereocenters. The number of benzene rings is 1. The molecule has 1 saturated heterocycles. The van der Waals surface area contributed by atoms with Gasteiger partial charge in [-0.15, -0.1) is 0 Å². The van der Waals surface area contributed by atoms with Crippen molar-refractivity contribution >= 4 is 21.8 Å². The Bertz CT molecular complexity index is 455. The maximum Gasteiger partial charge on any atom is 0.253 e. The van der Waals surface area contributed by atoms with Crippen molar-refractivity contribution in [2.75, 3.05) is 20.1 Å². The summed E-state index contributed by atoms with van der Waals surface area (Å²) in [6.07, 6.45) is 3.67. The van der Waals surface area contributed by atoms with Crippen LogP contribution in [0.15, 0.2) is 22.7 Å². The summed E-state index contributed by atoms with van der Waals surface area (Å²) in [6, 6.07) is 6.22. The molecule has 1 amide bonds. The third-order valence-corrected chi connectivity index (χ3v) is 4.61. The van der Waals surface area contributed by atoms with Crippen molar-refractivity contribution in [1.29, 1.82) is 0 Å². The highest BCUT2D eigenvalue weighted by molar-refractivity contribution is 9.10. The molecule has 19 heavy (non-hydrogen) atoms. The van der Waals surface area contributed by atoms with E-state index in [0.29, 0.717) is 6.04 Å². The van der Waals surface area contributed by atoms with Gasteiger partial charge in [0.15, 0.2) is 0 Å². The van der Waals surface area contributed by atoms with Crippen molar-refractivity contribution in [2.24, 2.45) is 0 Å². The van der Waals surface area contributed by atoms with Crippen molar-refractivity contribution in [2.45, 2.75) is 32.2 Å². The van der Waals surface area contributed by atoms with Crippen LogP contribution in [0.4, 0.5) is 0 Å². The van der Waals surface area contributed by atoms with Gasteiger partial charge in [0.2, 0.25) is 0 Å². The maximum atomic E-state index is 12.5. The van der Waals surface area contributed by atoms with Crippen molar-refractivity contribution in [3.8, 4) is 0 Å². The molecule has 1 N–H and O–H groups in total. The predicted octanol–water partition coefficient (Wildman–Crippen LogP) is 2.97. The Morgan fingerprint density at radius 3 is 2.95 bits per heavy atom. The van der Waals surface area contributed by atoms with E-state index in [-0.39, 0.29) is 5.91 Å². The van der Waals surface area contributed by atoms with Crippen molar-refractivity contribution < 1.29 is 4.79 Å². The Kier molecular flexibility index (Phi) is 4.99. The van der Waals surface area contributed by atoms with E-state index >= 15 is 0 Å². The van der Waals surface area contributed by atoms with Gasteiger partial charge in [0.25, 0.3) is 5.91 Å². The van der Waals surface area contributed by atoms with Crippen LogP contribution in [0, 0.1) is 6.92 Å². The minimum atomic E-state index is 0.103. The van der Waals surface area contributed by atoms with Crippen LogP contribution in [0.2, 0.25) is 0 Å². The van der Waals surface area contributed by atoms with E-state index in [4.69, 9.17) is 0 Å². The molecule has 1 aliphatic rings. The van der Waals surface area contributed by atoms with Gasteiger partial charge in [0.05, 0.1) is 0 Å². The van der Waals surface area contributed by atoms with E-state index in [9.17, 15) is 4.79 Å². The third kappa shape index (κ3) is 3.57. The molecular formula is C15H21BrN2O. The van der Waals surface area contributed by atoms with Gasteiger partial charge >= 0.3 is 0 Å². The second-order valence-electron chi connectivity index (χ2n) is 5.24. The van der Waals surface area contributed by atoms with E-state index in [1.54, 1.807) is 0 Å². The molecule has 2 rings (SSSR count). The van der Waals surface area contributed by atoms with Gasteiger partial charge in [-0.25, -0.2) is 0 Å². The van der Waals surface area contributed by atoms with Gasteiger partial charge in [-0.05, 0) is 44.0 Å². The highest BCUT2D eigenvalue weighted by atomic mass is 79.9. The smallest absolute Gasteiger partial charge is 0.253 e. The van der Waals surface area contributed by atoms with Gasteiger partial charge in [0, 0.05) is 29.7 Å². The minimum absolute atomic E-state index is 0.103. The summed E-state index contributed by atoms with van der Waals surface area (Å²) < 4.78 is 0.988. The van der Waals surface area contributed by atoms with Crippen LogP contribution >= 0.6 is 15.9 Å². The standard InChI is InChI=1S/C15H21BrN2O/c1-11-13(7-5-8-14(11)16)15(19)18(2)10-12-6-3-4-9-17-12/h5,7-8,12,17H,3-4,6,9-10H2,1-2H3. The maximum absolute atomic E-state index is 12.5. The van der Waals surface area contributed by atoms with Crippen LogP contribution in [0.25, 0.3) is 0 Å². The monoisotopic (exact) mass is 324 g/mol. The Morgan fingerprint density at radius 1 is 1.47 bits per heavy atom. The topological polar surface area (TPSA) is 32.3 Å². The van der Waals surface area contributed by atoms with Crippen LogP contribution in [-0.4, -0.2) is 37.0 Å². The molecule has 4 heteroatoms. The SMILES string of the molecule is Cc1c(Br)cccc1C(=O)N(C)CC1CCCCN1. The fourth-order valence-corrected chi connectivity index (χ4v) is 2.90. The first-order valence-corrected chi connectivity index (χ1v) is 7.63. The molecule has 1 aromatic rings. The number of halogens is 1. The number of rotatable bonds is 3. The van der Waals surface area contributed by atoms with Crippen molar-refractivity contribution in [1.82, 2.24) is 10.2 Å². The number of nitrogens with one attached hydrogen (secondary N) is 1. The van der Waals surface area contributed by atoms with Crippen LogP contribution in [-0.2, 0) is 0 Å². The lowest BCUT2D eigenvalue weighted by Gasteiger charge is -2.28. The number of nitrogens with zero attached hydrogens (tertiary/aromatic N) is 1. The van der Waals surface area contributed by atoms with Crippen LogP contribution < -0.4 is 5.32 Å². The Labute approximate surface area is 123 Å². The normalized spacial score (nSPS) is 19.2. The van der Waals surface area contributed by atoms with Crippen LogP contribution in [0.3, 0.4) is 0 Å². The van der Waals surface area contributed by atoms with Gasteiger partial charge in [-0.1, -0.05) is 28.4 Å². The number of likely N-dealkylation sites (N-methyl/N-ethyl adjacent to an activating group) is 1. The van der Waals surface area contributed by atoms with Crippen LogP contribution in [0.5, 0.6) is 0 Å². The first-order valence-electron chi connectivity index (χ1n) is 6.83. The number of carbonyl (C=O) groups is 1. The molecule has 1 aliphatic heterocycles. The lowest BCUT2D eigenvalue weighted by Crippen LogP contribution is -2.44. The van der Waals surface area contributed by atoms with Crippen LogP contribution in [0.1, 0.15) is 35.2 Å². The van der Waals surface area contributed by atoms with E-state index in [1.165, 1.54) is 12.8 Å². The largest absolute Gasteiger partial charge is 0.340 e. The molecule has 0 saturated carbocycles. The van der Waals surface area contributed by atoms with Crippen molar-refractivity contribution in [3.05, 3.63) is 33.8 Å². The number of carbonyl (C=O) groups excluding carboxylic acids is 1. The second-order valence-corrected chi connectivity index (χ2v) is 6.10. The van der Waals surface area contributed by atoms with E-state index < -0.39 is 0 Å². The summed E-state index contributed by atoms with van der Waals surface area (Å²) in [7, 11) is 1.89. The predicted molar refractivity (Wildman–Crippen MR) is 81.5 cm³/mol. The number of piperidine rings is 1. The fourth-order valence-electron chi connectivity index (χ4n) is 2.54. The van der Waals surface area contributed by atoms with E-state index in [2.05, 4.69) is 21.2 Å². The summed E-state index contributed by atoms with van der Waals surface area (Å²) in [5.41, 5.74) is 1.80. The average molecular weight is 325 g/mol. The first-order chi connectivity index (χ1) is 9.09. The lowest BCUT2D eigenvalue weighted by atomic mass is 10.0. The molecule has 0 aromatic heterocycles. The molecule has 1 heterocycles. The lowest BCUT2D eigenvalue weighted by molar-refractivity contribution is 0.0774. The molecular weight excluding hydrogens is 304 g/mol. The fraction of sp³-hybridized carbons (Fsp3) is 0.533. The average Bonchev–Trinajstić information content (AvgIpc) is 2.42. The zero-order valence-electron chi connectivity index (χ0n) is 11.6. The Hall–Kier alpha value is -0.870. The van der Waals surface area contributed by atoms with Gasteiger partial charge in [-0.3, -0.25) is 4.79 Å². The van der Waals surface area contributed by atoms with Gasteiger partial charge < -0.3 is 10.2 Å². The molecule has 104 valence electrons. The zero-order valence-corrected chi connectivity index (χ0v) is 13.2. The summed E-state index contributed by atoms with van der Waals surface area (Å²) in [5.74, 6) is 0.103. The van der Waals surface area contributed by atoms with Crippen molar-refractivity contribution in [3.63, 3.8) is 0 Å². The van der Waals surface area contributed by atoms with Gasteiger partial charge in [-0.2, -0.15) is 0 Å². The number of hydrogen-bond acceptors (Lipinski definition) is 2. The molecule has 1 fully saturated rings. The Morgan fingerprint density at radius 2 is 2.26 bits per heavy atom. The molecule has 0 spiro atoms. The summed E-state index contributed by atoms with van der Waals surface area (Å²) in [6.45, 7) is 3.83. The Balaban J connectivity index is 2.03. The van der Waals surface area contributed by atoms with E-state index in [1.807, 2.05) is 37.1 Å². The van der Waals surface area contributed by atoms with Gasteiger partial charge in [0.1, 0.15) is 0 Å².